The number of Topliss-reactive ketones (excluding diaryl/α,β-unsaturated/α-hetero) is 1. The molecule has 1 aromatic heterocycles. The molecule has 19 heavy (non-hydrogen) atoms. The smallest absolute Gasteiger partial charge is 0.174 e. The van der Waals surface area contributed by atoms with Gasteiger partial charge in [0, 0.05) is 17.7 Å². The average Bonchev–Trinajstić information content (AvgIpc) is 2.81. The van der Waals surface area contributed by atoms with Crippen molar-refractivity contribution in [3.05, 3.63) is 40.7 Å². The van der Waals surface area contributed by atoms with E-state index in [1.807, 2.05) is 6.92 Å². The summed E-state index contributed by atoms with van der Waals surface area (Å²) in [6.07, 6.45) is 1.25. The van der Waals surface area contributed by atoms with Crippen LogP contribution in [0.2, 0.25) is 0 Å². The fourth-order valence-electron chi connectivity index (χ4n) is 1.51. The molecule has 0 radical (unpaired) electrons. The molecular weight excluding hydrogens is 283 g/mol. The van der Waals surface area contributed by atoms with Gasteiger partial charge in [-0.1, -0.05) is 23.1 Å². The van der Waals surface area contributed by atoms with E-state index in [4.69, 9.17) is 0 Å². The lowest BCUT2D eigenvalue weighted by atomic mass is 10.1. The van der Waals surface area contributed by atoms with Gasteiger partial charge in [0.25, 0.3) is 0 Å². The van der Waals surface area contributed by atoms with Crippen molar-refractivity contribution in [2.45, 2.75) is 24.1 Å². The number of halogens is 1. The SMILES string of the molecule is Cc1nnc(SCCCC(=O)c2ccc(F)cc2)s1. The summed E-state index contributed by atoms with van der Waals surface area (Å²) in [5.41, 5.74) is 0.568. The molecule has 0 saturated heterocycles. The molecule has 2 rings (SSSR count). The highest BCUT2D eigenvalue weighted by atomic mass is 32.2. The van der Waals surface area contributed by atoms with E-state index in [1.165, 1.54) is 24.3 Å². The van der Waals surface area contributed by atoms with Gasteiger partial charge in [-0.3, -0.25) is 4.79 Å². The van der Waals surface area contributed by atoms with Gasteiger partial charge in [0.2, 0.25) is 0 Å². The van der Waals surface area contributed by atoms with E-state index in [0.29, 0.717) is 12.0 Å². The number of carbonyl (C=O) groups excluding carboxylic acids is 1. The quantitative estimate of drug-likeness (QED) is 0.463. The zero-order chi connectivity index (χ0) is 13.7. The molecular formula is C13H13FN2OS2. The Kier molecular flexibility index (Phi) is 5.04. The zero-order valence-corrected chi connectivity index (χ0v) is 12.1. The molecule has 0 aliphatic carbocycles. The predicted octanol–water partition coefficient (Wildman–Crippen LogP) is 3.74. The molecule has 0 N–H and O–H groups in total. The van der Waals surface area contributed by atoms with Gasteiger partial charge >= 0.3 is 0 Å². The monoisotopic (exact) mass is 296 g/mol. The van der Waals surface area contributed by atoms with Gasteiger partial charge in [-0.2, -0.15) is 0 Å². The van der Waals surface area contributed by atoms with Crippen molar-refractivity contribution in [1.82, 2.24) is 10.2 Å². The predicted molar refractivity (Wildman–Crippen MR) is 75.3 cm³/mol. The summed E-state index contributed by atoms with van der Waals surface area (Å²) in [5.74, 6) is 0.564. The van der Waals surface area contributed by atoms with Crippen molar-refractivity contribution in [3.8, 4) is 0 Å². The average molecular weight is 296 g/mol. The van der Waals surface area contributed by atoms with Gasteiger partial charge in [0.05, 0.1) is 0 Å². The number of rotatable bonds is 6. The molecule has 0 atom stereocenters. The lowest BCUT2D eigenvalue weighted by molar-refractivity contribution is 0.0982. The number of hydrogen-bond acceptors (Lipinski definition) is 5. The van der Waals surface area contributed by atoms with Crippen LogP contribution in [0.25, 0.3) is 0 Å². The molecule has 0 fully saturated rings. The second-order valence-corrected chi connectivity index (χ2v) is 6.49. The minimum Gasteiger partial charge on any atom is -0.294 e. The van der Waals surface area contributed by atoms with Crippen molar-refractivity contribution in [2.24, 2.45) is 0 Å². The van der Waals surface area contributed by atoms with Crippen LogP contribution in [0.3, 0.4) is 0 Å². The van der Waals surface area contributed by atoms with Gasteiger partial charge in [-0.15, -0.1) is 10.2 Å². The second-order valence-electron chi connectivity index (χ2n) is 3.97. The number of benzene rings is 1. The van der Waals surface area contributed by atoms with Crippen LogP contribution < -0.4 is 0 Å². The lowest BCUT2D eigenvalue weighted by Gasteiger charge is -2.00. The number of aryl methyl sites for hydroxylation is 1. The van der Waals surface area contributed by atoms with Crippen molar-refractivity contribution in [1.29, 1.82) is 0 Å². The Morgan fingerprint density at radius 2 is 2.05 bits per heavy atom. The largest absolute Gasteiger partial charge is 0.294 e. The van der Waals surface area contributed by atoms with Gasteiger partial charge in [-0.25, -0.2) is 4.39 Å². The minimum absolute atomic E-state index is 0.0500. The molecule has 0 unspecified atom stereocenters. The molecule has 1 heterocycles. The van der Waals surface area contributed by atoms with E-state index in [1.54, 1.807) is 23.1 Å². The summed E-state index contributed by atoms with van der Waals surface area (Å²) in [6, 6.07) is 5.68. The van der Waals surface area contributed by atoms with Crippen molar-refractivity contribution in [3.63, 3.8) is 0 Å². The highest BCUT2D eigenvalue weighted by Crippen LogP contribution is 2.23. The highest BCUT2D eigenvalue weighted by molar-refractivity contribution is 8.01. The number of nitrogens with zero attached hydrogens (tertiary/aromatic N) is 2. The summed E-state index contributed by atoms with van der Waals surface area (Å²) < 4.78 is 13.7. The molecule has 0 aliphatic rings. The van der Waals surface area contributed by atoms with Crippen LogP contribution in [0.15, 0.2) is 28.6 Å². The van der Waals surface area contributed by atoms with Crippen molar-refractivity contribution < 1.29 is 9.18 Å². The summed E-state index contributed by atoms with van der Waals surface area (Å²) in [7, 11) is 0. The third-order valence-electron chi connectivity index (χ3n) is 2.45. The van der Waals surface area contributed by atoms with Gasteiger partial charge in [0.15, 0.2) is 10.1 Å². The Morgan fingerprint density at radius 3 is 2.68 bits per heavy atom. The maximum Gasteiger partial charge on any atom is 0.174 e. The maximum atomic E-state index is 12.7. The van der Waals surface area contributed by atoms with Crippen molar-refractivity contribution >= 4 is 28.9 Å². The molecule has 0 saturated carbocycles. The maximum absolute atomic E-state index is 12.7. The number of thioether (sulfide) groups is 1. The first-order valence-corrected chi connectivity index (χ1v) is 7.67. The highest BCUT2D eigenvalue weighted by Gasteiger charge is 2.06. The Balaban J connectivity index is 1.73. The normalized spacial score (nSPS) is 10.6. The Morgan fingerprint density at radius 1 is 1.32 bits per heavy atom. The van der Waals surface area contributed by atoms with Crippen LogP contribution >= 0.6 is 23.1 Å². The molecule has 0 spiro atoms. The molecule has 0 aliphatic heterocycles. The Hall–Kier alpha value is -1.27. The third-order valence-corrected chi connectivity index (χ3v) is 4.51. The van der Waals surface area contributed by atoms with Gasteiger partial charge in [-0.05, 0) is 37.6 Å². The Labute approximate surface area is 119 Å². The number of aromatic nitrogens is 2. The first-order chi connectivity index (χ1) is 9.15. The topological polar surface area (TPSA) is 42.9 Å². The lowest BCUT2D eigenvalue weighted by Crippen LogP contribution is -1.99. The fraction of sp³-hybridized carbons (Fsp3) is 0.308. The Bertz CT molecular complexity index is 554. The van der Waals surface area contributed by atoms with Crippen LogP contribution in [-0.2, 0) is 0 Å². The first-order valence-electron chi connectivity index (χ1n) is 5.87. The summed E-state index contributed by atoms with van der Waals surface area (Å²) >= 11 is 3.17. The van der Waals surface area contributed by atoms with Gasteiger partial charge < -0.3 is 0 Å². The molecule has 3 nitrogen and oxygen atoms in total. The molecule has 0 amide bonds. The molecule has 6 heteroatoms. The van der Waals surface area contributed by atoms with Crippen LogP contribution in [0.1, 0.15) is 28.2 Å². The zero-order valence-electron chi connectivity index (χ0n) is 10.4. The van der Waals surface area contributed by atoms with E-state index >= 15 is 0 Å². The van der Waals surface area contributed by atoms with E-state index in [-0.39, 0.29) is 11.6 Å². The number of ketones is 1. The molecule has 0 bridgehead atoms. The van der Waals surface area contributed by atoms with E-state index in [2.05, 4.69) is 10.2 Å². The van der Waals surface area contributed by atoms with E-state index in [0.717, 1.165) is 21.5 Å². The summed E-state index contributed by atoms with van der Waals surface area (Å²) in [5, 5.41) is 8.89. The van der Waals surface area contributed by atoms with Crippen LogP contribution in [0.5, 0.6) is 0 Å². The third kappa shape index (κ3) is 4.40. The van der Waals surface area contributed by atoms with Crippen molar-refractivity contribution in [2.75, 3.05) is 5.75 Å². The van der Waals surface area contributed by atoms with Crippen LogP contribution in [-0.4, -0.2) is 21.7 Å². The number of carbonyl (C=O) groups is 1. The first kappa shape index (κ1) is 14.1. The second kappa shape index (κ2) is 6.77. The molecule has 100 valence electrons. The fourth-order valence-corrected chi connectivity index (χ4v) is 3.33. The molecule has 2 aromatic rings. The summed E-state index contributed by atoms with van der Waals surface area (Å²) in [6.45, 7) is 1.92. The van der Waals surface area contributed by atoms with Crippen LogP contribution in [0.4, 0.5) is 4.39 Å². The van der Waals surface area contributed by atoms with E-state index in [9.17, 15) is 9.18 Å². The van der Waals surface area contributed by atoms with E-state index < -0.39 is 0 Å². The summed E-state index contributed by atoms with van der Waals surface area (Å²) in [4.78, 5) is 11.8. The van der Waals surface area contributed by atoms with Gasteiger partial charge in [0.1, 0.15) is 10.8 Å². The number of hydrogen-bond donors (Lipinski definition) is 0. The minimum atomic E-state index is -0.321. The standard InChI is InChI=1S/C13H13FN2OS2/c1-9-15-16-13(19-9)18-8-2-3-12(17)10-4-6-11(14)7-5-10/h4-7H,2-3,8H2,1H3. The molecule has 1 aromatic carbocycles. The van der Waals surface area contributed by atoms with Crippen LogP contribution in [0, 0.1) is 12.7 Å².